The maximum Gasteiger partial charge on any atom is 0.0540 e. The van der Waals surface area contributed by atoms with Gasteiger partial charge in [0.05, 0.1) is 5.69 Å². The molecule has 0 heterocycles. The molecule has 1 nitrogen and oxygen atoms in total. The van der Waals surface area contributed by atoms with Crippen molar-refractivity contribution in [3.63, 3.8) is 0 Å². The summed E-state index contributed by atoms with van der Waals surface area (Å²) < 4.78 is 0. The van der Waals surface area contributed by atoms with Crippen LogP contribution in [-0.4, -0.2) is 0 Å². The highest BCUT2D eigenvalue weighted by Crippen LogP contribution is 2.40. The maximum atomic E-state index is 6.09. The van der Waals surface area contributed by atoms with Gasteiger partial charge in [-0.2, -0.15) is 0 Å². The first-order valence-corrected chi connectivity index (χ1v) is 12.4. The number of halogens is 1. The molecular formula is C34H24ClN. The minimum absolute atomic E-state index is 0.747. The summed E-state index contributed by atoms with van der Waals surface area (Å²) >= 11 is 6.09. The van der Waals surface area contributed by atoms with E-state index in [1.165, 1.54) is 21.9 Å². The second-order valence-corrected chi connectivity index (χ2v) is 9.24. The molecule has 0 bridgehead atoms. The lowest BCUT2D eigenvalue weighted by Crippen LogP contribution is -2.10. The fraction of sp³-hybridized carbons (Fsp3) is 0. The Morgan fingerprint density at radius 1 is 0.389 bits per heavy atom. The molecule has 0 radical (unpaired) electrons. The van der Waals surface area contributed by atoms with E-state index in [0.717, 1.165) is 33.2 Å². The highest BCUT2D eigenvalue weighted by Gasteiger charge is 2.15. The van der Waals surface area contributed by atoms with Crippen LogP contribution in [0.1, 0.15) is 0 Å². The van der Waals surface area contributed by atoms with Crippen LogP contribution in [0.4, 0.5) is 17.1 Å². The number of benzene rings is 6. The zero-order valence-corrected chi connectivity index (χ0v) is 20.4. The molecule has 36 heavy (non-hydrogen) atoms. The molecule has 6 aromatic carbocycles. The van der Waals surface area contributed by atoms with Gasteiger partial charge in [0, 0.05) is 21.8 Å². The normalized spacial score (nSPS) is 10.9. The molecule has 0 aliphatic rings. The van der Waals surface area contributed by atoms with Crippen LogP contribution >= 0.6 is 11.6 Å². The monoisotopic (exact) mass is 481 g/mol. The topological polar surface area (TPSA) is 3.24 Å². The Hall–Kier alpha value is -4.33. The Morgan fingerprint density at radius 3 is 1.47 bits per heavy atom. The molecular weight excluding hydrogens is 458 g/mol. The van der Waals surface area contributed by atoms with E-state index in [1.54, 1.807) is 0 Å². The molecule has 2 heteroatoms. The van der Waals surface area contributed by atoms with E-state index in [4.69, 9.17) is 11.6 Å². The maximum absolute atomic E-state index is 6.09. The predicted octanol–water partition coefficient (Wildman–Crippen LogP) is 10.3. The van der Waals surface area contributed by atoms with Gasteiger partial charge >= 0.3 is 0 Å². The smallest absolute Gasteiger partial charge is 0.0540 e. The van der Waals surface area contributed by atoms with Gasteiger partial charge in [-0.1, -0.05) is 115 Å². The van der Waals surface area contributed by atoms with Gasteiger partial charge in [0.2, 0.25) is 0 Å². The van der Waals surface area contributed by atoms with E-state index in [1.807, 2.05) is 18.2 Å². The molecule has 0 spiro atoms. The van der Waals surface area contributed by atoms with E-state index in [0.29, 0.717) is 0 Å². The number of nitrogens with zero attached hydrogens (tertiary/aromatic N) is 1. The zero-order chi connectivity index (χ0) is 24.3. The lowest BCUT2D eigenvalue weighted by Gasteiger charge is -2.27. The SMILES string of the molecule is Clc1ccc(-c2ccc(N(c3ccc(-c4ccccc4)cc3)c3cccc4ccccc34)cc2)cc1. The van der Waals surface area contributed by atoms with Crippen molar-refractivity contribution in [2.24, 2.45) is 0 Å². The number of anilines is 3. The molecule has 0 fully saturated rings. The van der Waals surface area contributed by atoms with Gasteiger partial charge in [-0.3, -0.25) is 0 Å². The number of hydrogen-bond acceptors (Lipinski definition) is 1. The van der Waals surface area contributed by atoms with E-state index in [-0.39, 0.29) is 0 Å². The van der Waals surface area contributed by atoms with Crippen LogP contribution < -0.4 is 4.90 Å². The minimum Gasteiger partial charge on any atom is -0.310 e. The highest BCUT2D eigenvalue weighted by molar-refractivity contribution is 6.30. The molecule has 0 saturated carbocycles. The number of hydrogen-bond donors (Lipinski definition) is 0. The van der Waals surface area contributed by atoms with Crippen molar-refractivity contribution < 1.29 is 0 Å². The van der Waals surface area contributed by atoms with Crippen LogP contribution in [-0.2, 0) is 0 Å². The molecule has 0 amide bonds. The van der Waals surface area contributed by atoms with E-state index >= 15 is 0 Å². The fourth-order valence-electron chi connectivity index (χ4n) is 4.71. The summed E-state index contributed by atoms with van der Waals surface area (Å²) in [4.78, 5) is 2.34. The second kappa shape index (κ2) is 9.73. The Kier molecular flexibility index (Phi) is 5.99. The van der Waals surface area contributed by atoms with Gasteiger partial charge in [0.15, 0.2) is 0 Å². The van der Waals surface area contributed by atoms with Gasteiger partial charge in [-0.15, -0.1) is 0 Å². The first-order valence-electron chi connectivity index (χ1n) is 12.1. The third-order valence-electron chi connectivity index (χ3n) is 6.54. The summed E-state index contributed by atoms with van der Waals surface area (Å²) in [6, 6.07) is 51.1. The summed E-state index contributed by atoms with van der Waals surface area (Å²) in [5, 5.41) is 3.18. The van der Waals surface area contributed by atoms with Gasteiger partial charge in [0.1, 0.15) is 0 Å². The molecule has 0 aliphatic heterocycles. The Morgan fingerprint density at radius 2 is 0.861 bits per heavy atom. The molecule has 0 unspecified atom stereocenters. The summed E-state index contributed by atoms with van der Waals surface area (Å²) in [5.74, 6) is 0. The summed E-state index contributed by atoms with van der Waals surface area (Å²) in [6.45, 7) is 0. The molecule has 6 aromatic rings. The average molecular weight is 482 g/mol. The zero-order valence-electron chi connectivity index (χ0n) is 19.7. The van der Waals surface area contributed by atoms with E-state index < -0.39 is 0 Å². The lowest BCUT2D eigenvalue weighted by molar-refractivity contribution is 1.30. The van der Waals surface area contributed by atoms with Gasteiger partial charge < -0.3 is 4.90 Å². The molecule has 0 saturated heterocycles. The van der Waals surface area contributed by atoms with Crippen molar-refractivity contribution in [1.82, 2.24) is 0 Å². The summed E-state index contributed by atoms with van der Waals surface area (Å²) in [5.41, 5.74) is 8.10. The molecule has 0 atom stereocenters. The van der Waals surface area contributed by atoms with Crippen LogP contribution in [0.5, 0.6) is 0 Å². The van der Waals surface area contributed by atoms with Gasteiger partial charge in [0.25, 0.3) is 0 Å². The van der Waals surface area contributed by atoms with Crippen LogP contribution in [0, 0.1) is 0 Å². The third-order valence-corrected chi connectivity index (χ3v) is 6.80. The standard InChI is InChI=1S/C34H24ClN/c35-30-19-13-26(14-20-30)28-17-23-32(24-18-28)36(34-12-6-10-29-9-4-5-11-33(29)34)31-21-15-27(16-22-31)25-7-2-1-3-8-25/h1-24H. The largest absolute Gasteiger partial charge is 0.310 e. The minimum atomic E-state index is 0.747. The lowest BCUT2D eigenvalue weighted by atomic mass is 10.0. The van der Waals surface area contributed by atoms with Crippen molar-refractivity contribution in [1.29, 1.82) is 0 Å². The number of rotatable bonds is 5. The first kappa shape index (κ1) is 22.2. The van der Waals surface area contributed by atoms with Crippen LogP contribution in [0.3, 0.4) is 0 Å². The summed E-state index contributed by atoms with van der Waals surface area (Å²) in [7, 11) is 0. The van der Waals surface area contributed by atoms with Crippen molar-refractivity contribution >= 4 is 39.4 Å². The van der Waals surface area contributed by atoms with Crippen LogP contribution in [0.2, 0.25) is 5.02 Å². The summed E-state index contributed by atoms with van der Waals surface area (Å²) in [6.07, 6.45) is 0. The average Bonchev–Trinajstić information content (AvgIpc) is 2.95. The van der Waals surface area contributed by atoms with Crippen molar-refractivity contribution in [3.05, 3.63) is 151 Å². The second-order valence-electron chi connectivity index (χ2n) is 8.80. The van der Waals surface area contributed by atoms with Crippen LogP contribution in [0.15, 0.2) is 146 Å². The molecule has 172 valence electrons. The molecule has 6 rings (SSSR count). The first-order chi connectivity index (χ1) is 17.8. The van der Waals surface area contributed by atoms with Gasteiger partial charge in [-0.25, -0.2) is 0 Å². The molecule has 0 aromatic heterocycles. The number of fused-ring (bicyclic) bond motifs is 1. The van der Waals surface area contributed by atoms with Crippen molar-refractivity contribution in [2.75, 3.05) is 4.90 Å². The quantitative estimate of drug-likeness (QED) is 0.236. The fourth-order valence-corrected chi connectivity index (χ4v) is 4.84. The van der Waals surface area contributed by atoms with Crippen molar-refractivity contribution in [2.45, 2.75) is 0 Å². The van der Waals surface area contributed by atoms with Crippen LogP contribution in [0.25, 0.3) is 33.0 Å². The highest BCUT2D eigenvalue weighted by atomic mass is 35.5. The van der Waals surface area contributed by atoms with E-state index in [9.17, 15) is 0 Å². The molecule has 0 aliphatic carbocycles. The van der Waals surface area contributed by atoms with Crippen molar-refractivity contribution in [3.8, 4) is 22.3 Å². The third kappa shape index (κ3) is 4.37. The Bertz CT molecular complexity index is 1600. The van der Waals surface area contributed by atoms with Gasteiger partial charge in [-0.05, 0) is 70.1 Å². The predicted molar refractivity (Wildman–Crippen MR) is 155 cm³/mol. The Balaban J connectivity index is 1.46. The van der Waals surface area contributed by atoms with E-state index in [2.05, 4.69) is 132 Å². The molecule has 0 N–H and O–H groups in total. The Labute approximate surface area is 216 Å².